The quantitative estimate of drug-likeness (QED) is 0.0229. The zero-order chi connectivity index (χ0) is 89.6. The van der Waals surface area contributed by atoms with Crippen LogP contribution in [0.5, 0.6) is 0 Å². The maximum absolute atomic E-state index is 12.2. The topological polar surface area (TPSA) is 523 Å². The molecule has 0 spiro atoms. The lowest BCUT2D eigenvalue weighted by Crippen LogP contribution is -2.35. The number of ether oxygens (including phenoxy) is 5. The lowest BCUT2D eigenvalue weighted by molar-refractivity contribution is 0.00493. The summed E-state index contributed by atoms with van der Waals surface area (Å²) in [6.07, 6.45) is 20.6. The first-order chi connectivity index (χ1) is 55.2. The van der Waals surface area contributed by atoms with Crippen LogP contribution in [-0.4, -0.2) is 319 Å². The van der Waals surface area contributed by atoms with Crippen LogP contribution in [0.1, 0.15) is 130 Å². The number of rotatable bonds is 29. The van der Waals surface area contributed by atoms with Crippen molar-refractivity contribution < 1.29 is 74.7 Å². The summed E-state index contributed by atoms with van der Waals surface area (Å²) in [7, 11) is 0. The van der Waals surface area contributed by atoms with Crippen molar-refractivity contribution >= 4 is 72.1 Å². The molecule has 5 aromatic heterocycles. The predicted octanol–water partition coefficient (Wildman–Crippen LogP) is 0.504. The normalized spacial score (nSPS) is 27.6. The Morgan fingerprint density at radius 1 is 0.336 bits per heavy atom. The molecule has 5 saturated heterocycles. The van der Waals surface area contributed by atoms with Crippen molar-refractivity contribution in [2.75, 3.05) is 97.5 Å². The van der Waals surface area contributed by atoms with E-state index >= 15 is 0 Å². The second-order valence-corrected chi connectivity index (χ2v) is 56.0. The highest BCUT2D eigenvalue weighted by atomic mass is 31.2. The first-order valence-electron chi connectivity index (χ1n) is 39.6. The molecule has 0 aliphatic carbocycles. The second kappa shape index (κ2) is 43.4. The molecule has 10 heterocycles. The molecule has 0 saturated carbocycles. The monoisotopic (exact) mass is 1770 g/mol. The van der Waals surface area contributed by atoms with E-state index < -0.39 is 213 Å². The van der Waals surface area contributed by atoms with Gasteiger partial charge in [-0.3, -0.25) is 58.0 Å². The van der Waals surface area contributed by atoms with Crippen LogP contribution < -0.4 is 56.2 Å². The predicted molar refractivity (Wildman–Crippen MR) is 479 cm³/mol. The molecule has 0 radical (unpaired) electrons. The van der Waals surface area contributed by atoms with E-state index in [1.807, 2.05) is 13.8 Å². The summed E-state index contributed by atoms with van der Waals surface area (Å²) in [5.74, 6) is 0. The van der Waals surface area contributed by atoms with Crippen molar-refractivity contribution in [1.82, 2.24) is 47.8 Å². The Kier molecular flexibility index (Phi) is 37.1. The third kappa shape index (κ3) is 28.4. The van der Waals surface area contributed by atoms with E-state index in [0.29, 0.717) is 51.7 Å². The first kappa shape index (κ1) is 102. The number of allylic oxidation sites excluding steroid dienone is 1. The van der Waals surface area contributed by atoms with Gasteiger partial charge in [0, 0.05) is 63.4 Å². The Morgan fingerprint density at radius 3 is 0.815 bits per heavy atom. The van der Waals surface area contributed by atoms with Gasteiger partial charge in [0.1, 0.15) is 91.6 Å². The highest BCUT2D eigenvalue weighted by Crippen LogP contribution is 2.45. The Morgan fingerprint density at radius 2 is 0.571 bits per heavy atom. The lowest BCUT2D eigenvalue weighted by Gasteiger charge is -2.18. The molecule has 5 fully saturated rings. The number of aryl methyl sites for hydroxylation is 3. The fourth-order valence-electron chi connectivity index (χ4n) is 13.8. The van der Waals surface area contributed by atoms with Crippen LogP contribution in [0.3, 0.4) is 0 Å². The van der Waals surface area contributed by atoms with Gasteiger partial charge in [-0.25, -0.2) is 24.0 Å². The van der Waals surface area contributed by atoms with Crippen LogP contribution >= 0.6 is 34.4 Å². The zero-order valence-corrected chi connectivity index (χ0v) is 75.1. The number of aliphatic hydroxyl groups excluding tert-OH is 10. The Balaban J connectivity index is 0.000000231. The van der Waals surface area contributed by atoms with Gasteiger partial charge in [-0.1, -0.05) is 32.9 Å². The van der Waals surface area contributed by atoms with E-state index in [1.54, 1.807) is 6.92 Å². The molecule has 5 aliphatic rings. The van der Waals surface area contributed by atoms with Crippen LogP contribution in [0.15, 0.2) is 98.2 Å². The van der Waals surface area contributed by atoms with E-state index in [-0.39, 0.29) is 34.4 Å². The number of hydrogen-bond acceptors (Lipinski definition) is 25. The molecule has 10 rings (SSSR count). The third-order valence-corrected chi connectivity index (χ3v) is 28.0. The maximum atomic E-state index is 12.2. The first-order valence-corrected chi connectivity index (χ1v) is 54.8. The summed E-state index contributed by atoms with van der Waals surface area (Å²) in [4.78, 5) is 130. The fraction of sp³-hybridized carbons (Fsp3) is 0.633. The molecule has 670 valence electrons. The number of H-pyrrole nitrogens is 5. The average Bonchev–Trinajstić information content (AvgIpc) is 1.68. The van der Waals surface area contributed by atoms with Gasteiger partial charge in [0.05, 0.1) is 58.3 Å². The summed E-state index contributed by atoms with van der Waals surface area (Å²) in [6, 6.07) is 0. The van der Waals surface area contributed by atoms with Crippen LogP contribution in [0.2, 0.25) is 0 Å². The van der Waals surface area contributed by atoms with Gasteiger partial charge < -0.3 is 88.5 Å². The van der Waals surface area contributed by atoms with Crippen molar-refractivity contribution in [2.45, 2.75) is 220 Å². The van der Waals surface area contributed by atoms with E-state index in [0.717, 1.165) is 54.6 Å². The van der Waals surface area contributed by atoms with Crippen molar-refractivity contribution in [3.05, 3.63) is 182 Å². The second-order valence-electron chi connectivity index (χ2n) is 34.4. The summed E-state index contributed by atoms with van der Waals surface area (Å²) >= 11 is 0. The van der Waals surface area contributed by atoms with Gasteiger partial charge in [0.15, 0.2) is 0 Å². The number of aliphatic hydroxyl groups is 10. The van der Waals surface area contributed by atoms with Crippen LogP contribution in [0, 0.1) is 0 Å². The van der Waals surface area contributed by atoms with Gasteiger partial charge in [-0.2, -0.15) is 0 Å². The smallest absolute Gasteiger partial charge is 0.332 e. The fourth-order valence-corrected chi connectivity index (χ4v) is 18.5. The highest BCUT2D eigenvalue weighted by Gasteiger charge is 2.49. The van der Waals surface area contributed by atoms with Gasteiger partial charge >= 0.3 is 28.4 Å². The van der Waals surface area contributed by atoms with E-state index in [4.69, 9.17) is 23.7 Å². The molecule has 5 aromatic rings. The standard InChI is InChI=1S/C17H29N2O5P.C16H27N2O5P.C16H25N2O5P.C15H25N2O5P.C15H23N2O5P/c1-5-6-8-19-10-11(16(22)18-17(19)23)15-14(21)13(20)12(24-15)7-9-25(2,3)4;2*1-5-7-18-9-10(15(21)17-16(18)22)14-13(20)12(19)11(23-14)6-8-24(2,3)4;2*1-5-17-8-9(14(20)16-15(17)21)13-12(19)11(18)10(22-13)6-7-23(2,3)4/h10,12-15,20-21H,2,5-9H2,1,3-4H3,(H,18,22,23);9,11-14,19-20H,2,5-8H2,1,3-4H3,(H,17,21,22);5,9,11-14,19-20H,1-2,6-8H2,3-4H3,(H,17,21,22);8,10-13,18-19H,2,5-7H2,1,3-4H3,(H,16,20,21);5,8,10-13,18-19H,1-2,6-7H2,3-4H3,(H,16,20,21)/t12?,13-,14-,15+;2*11?,12-,13-,14+;2*10?,11-,12-,13+/m11111/s1. The van der Waals surface area contributed by atoms with Crippen LogP contribution in [0.25, 0.3) is 6.20 Å². The van der Waals surface area contributed by atoms with E-state index in [2.05, 4.69) is 136 Å². The SMILES string of the molecule is C=CCn1cc([C@@H]2OC(CCP(=C)(C)C)[C@@H](O)[C@H]2O)c(=O)[nH]c1=O.C=Cn1cc([C@@H]2OC(CCP(=C)(C)C)[C@@H](O)[C@H]2O)c(=O)[nH]c1=O.C=P(C)(C)CCC1O[C@@H](c2cn(CC)c(=O)[nH]c2=O)[C@H](O)[C@@H]1O.C=P(C)(C)CCC1O[C@@H](c2cn(CCC)c(=O)[nH]c2=O)[C@H](O)[C@@H]1O.C=P(C)(C)CCC1O[C@@H](c2cn(CCCC)c(=O)[nH]c2=O)[C@H](O)[C@@H]1O. The molecule has 0 amide bonds. The lowest BCUT2D eigenvalue weighted by atomic mass is 10.0. The molecule has 15 N–H and O–H groups in total. The van der Waals surface area contributed by atoms with Crippen LogP contribution in [0.4, 0.5) is 0 Å². The molecule has 0 bridgehead atoms. The number of nitrogens with one attached hydrogen (secondary N) is 5. The maximum Gasteiger partial charge on any atom is 0.332 e. The molecular formula is C79H129N10O25P5. The van der Waals surface area contributed by atoms with Gasteiger partial charge in [0.2, 0.25) is 0 Å². The third-order valence-electron chi connectivity index (χ3n) is 20.7. The van der Waals surface area contributed by atoms with Gasteiger partial charge in [-0.15, -0.1) is 72.5 Å². The Labute approximate surface area is 691 Å². The minimum Gasteiger partial charge on any atom is -0.388 e. The minimum atomic E-state index is -1.29. The summed E-state index contributed by atoms with van der Waals surface area (Å²) in [6.45, 7) is 28.7. The molecular weight excluding hydrogens is 1640 g/mol. The van der Waals surface area contributed by atoms with Crippen molar-refractivity contribution in [1.29, 1.82) is 0 Å². The summed E-state index contributed by atoms with van der Waals surface area (Å²) in [5, 5.41) is 103. The summed E-state index contributed by atoms with van der Waals surface area (Å²) in [5.41, 5.74) is -4.98. The largest absolute Gasteiger partial charge is 0.388 e. The number of unbranched alkanes of at least 4 members (excludes halogenated alkanes) is 1. The van der Waals surface area contributed by atoms with Crippen molar-refractivity contribution in [3.8, 4) is 0 Å². The Hall–Kier alpha value is -6.22. The number of aromatic amines is 5. The molecule has 5 aliphatic heterocycles. The van der Waals surface area contributed by atoms with Crippen LogP contribution in [-0.2, 0) is 49.9 Å². The average molecular weight is 1770 g/mol. The molecule has 35 nitrogen and oxygen atoms in total. The zero-order valence-electron chi connectivity index (χ0n) is 70.6. The van der Waals surface area contributed by atoms with Crippen molar-refractivity contribution in [2.24, 2.45) is 0 Å². The highest BCUT2D eigenvalue weighted by molar-refractivity contribution is 7.73. The molecule has 20 atom stereocenters. The van der Waals surface area contributed by atoms with E-state index in [9.17, 15) is 99.0 Å². The van der Waals surface area contributed by atoms with Crippen molar-refractivity contribution in [3.63, 3.8) is 0 Å². The molecule has 0 aromatic carbocycles. The summed E-state index contributed by atoms with van der Waals surface area (Å²) < 4.78 is 35.3. The molecule has 5 unspecified atom stereocenters. The van der Waals surface area contributed by atoms with Gasteiger partial charge in [0.25, 0.3) is 27.8 Å². The molecule has 119 heavy (non-hydrogen) atoms. The van der Waals surface area contributed by atoms with Gasteiger partial charge in [-0.05, 0) is 149 Å². The number of aromatic nitrogens is 10. The Bertz CT molecular complexity index is 5180. The molecule has 40 heteroatoms. The van der Waals surface area contributed by atoms with E-state index in [1.165, 1.54) is 61.5 Å². The number of nitrogens with zero attached hydrogens (tertiary/aromatic N) is 5. The number of hydrogen-bond donors (Lipinski definition) is 15. The minimum absolute atomic E-state index is 0.0854.